The van der Waals surface area contributed by atoms with Gasteiger partial charge in [-0.05, 0) is 56.0 Å². The molecule has 0 bridgehead atoms. The van der Waals surface area contributed by atoms with Crippen LogP contribution in [0.2, 0.25) is 5.02 Å². The summed E-state index contributed by atoms with van der Waals surface area (Å²) in [5.74, 6) is 0.546. The molecule has 1 N–H and O–H groups in total. The van der Waals surface area contributed by atoms with Crippen molar-refractivity contribution in [2.75, 3.05) is 24.7 Å². The quantitative estimate of drug-likeness (QED) is 0.634. The number of amides is 2. The van der Waals surface area contributed by atoms with E-state index >= 15 is 0 Å². The Morgan fingerprint density at radius 2 is 2.03 bits per heavy atom. The molecule has 8 heteroatoms. The van der Waals surface area contributed by atoms with E-state index in [2.05, 4.69) is 5.32 Å². The number of fused-ring (bicyclic) bond motifs is 1. The number of nitrogens with one attached hydrogen (secondary N) is 1. The fraction of sp³-hybridized carbons (Fsp3) is 0.348. The Morgan fingerprint density at radius 3 is 2.77 bits per heavy atom. The van der Waals surface area contributed by atoms with Gasteiger partial charge in [-0.2, -0.15) is 0 Å². The first kappa shape index (κ1) is 21.2. The molecule has 2 aromatic rings. The Kier molecular flexibility index (Phi) is 6.13. The van der Waals surface area contributed by atoms with E-state index in [0.717, 1.165) is 12.8 Å². The van der Waals surface area contributed by atoms with Crippen LogP contribution in [0.4, 0.5) is 5.69 Å². The van der Waals surface area contributed by atoms with Crippen LogP contribution in [-0.2, 0) is 9.59 Å². The molecule has 162 valence electrons. The minimum atomic E-state index is -0.723. The van der Waals surface area contributed by atoms with E-state index in [1.165, 1.54) is 4.90 Å². The van der Waals surface area contributed by atoms with Crippen molar-refractivity contribution in [2.45, 2.75) is 25.8 Å². The number of benzene rings is 2. The number of nitrogens with zero attached hydrogens (tertiary/aromatic N) is 1. The van der Waals surface area contributed by atoms with Crippen LogP contribution in [0, 0.1) is 5.92 Å². The zero-order chi connectivity index (χ0) is 22.0. The lowest BCUT2D eigenvalue weighted by atomic mass is 10.1. The Balaban J connectivity index is 1.50. The first-order chi connectivity index (χ1) is 14.9. The van der Waals surface area contributed by atoms with E-state index in [1.54, 1.807) is 49.4 Å². The lowest BCUT2D eigenvalue weighted by Crippen LogP contribution is -2.51. The van der Waals surface area contributed by atoms with Gasteiger partial charge in [0.1, 0.15) is 17.5 Å². The molecule has 2 aliphatic rings. The molecule has 31 heavy (non-hydrogen) atoms. The molecule has 2 aromatic carbocycles. The summed E-state index contributed by atoms with van der Waals surface area (Å²) in [6.45, 7) is 1.92. The van der Waals surface area contributed by atoms with E-state index in [4.69, 9.17) is 21.1 Å². The third-order valence-electron chi connectivity index (χ3n) is 5.38. The lowest BCUT2D eigenvalue weighted by Gasteiger charge is -2.33. The summed E-state index contributed by atoms with van der Waals surface area (Å²) < 4.78 is 11.0. The maximum atomic E-state index is 12.7. The van der Waals surface area contributed by atoms with Crippen molar-refractivity contribution in [1.29, 1.82) is 0 Å². The number of Topliss-reactive ketones (excluding diaryl/α,β-unsaturated/α-hetero) is 1. The molecule has 0 saturated heterocycles. The lowest BCUT2D eigenvalue weighted by molar-refractivity contribution is -0.127. The van der Waals surface area contributed by atoms with E-state index in [1.807, 2.05) is 0 Å². The molecule has 1 heterocycles. The maximum Gasteiger partial charge on any atom is 0.265 e. The normalized spacial score (nSPS) is 16.2. The highest BCUT2D eigenvalue weighted by molar-refractivity contribution is 6.32. The van der Waals surface area contributed by atoms with Gasteiger partial charge in [-0.1, -0.05) is 23.7 Å². The van der Waals surface area contributed by atoms with Crippen molar-refractivity contribution in [2.24, 2.45) is 5.92 Å². The molecule has 7 nitrogen and oxygen atoms in total. The fourth-order valence-corrected chi connectivity index (χ4v) is 3.58. The van der Waals surface area contributed by atoms with Gasteiger partial charge in [-0.3, -0.25) is 19.3 Å². The number of rotatable bonds is 8. The third-order valence-corrected chi connectivity index (χ3v) is 5.70. The van der Waals surface area contributed by atoms with E-state index in [9.17, 15) is 14.4 Å². The summed E-state index contributed by atoms with van der Waals surface area (Å²) in [5.41, 5.74) is 0.744. The van der Waals surface area contributed by atoms with Crippen LogP contribution < -0.4 is 19.7 Å². The van der Waals surface area contributed by atoms with Crippen molar-refractivity contribution < 1.29 is 23.9 Å². The Labute approximate surface area is 185 Å². The number of carbonyl (C=O) groups excluding carboxylic acids is 3. The molecule has 1 atom stereocenters. The van der Waals surface area contributed by atoms with Crippen molar-refractivity contribution in [3.63, 3.8) is 0 Å². The monoisotopic (exact) mass is 442 g/mol. The van der Waals surface area contributed by atoms with Crippen LogP contribution in [0.5, 0.6) is 11.5 Å². The van der Waals surface area contributed by atoms with Gasteiger partial charge in [-0.15, -0.1) is 0 Å². The predicted molar refractivity (Wildman–Crippen MR) is 116 cm³/mol. The number of hydrogen-bond acceptors (Lipinski definition) is 5. The van der Waals surface area contributed by atoms with Crippen LogP contribution >= 0.6 is 11.6 Å². The number of hydrogen-bond donors (Lipinski definition) is 1. The van der Waals surface area contributed by atoms with Crippen LogP contribution in [-0.4, -0.2) is 43.4 Å². The average molecular weight is 443 g/mol. The Hall–Kier alpha value is -3.06. The van der Waals surface area contributed by atoms with Gasteiger partial charge in [0.05, 0.1) is 10.7 Å². The number of anilines is 1. The van der Waals surface area contributed by atoms with Crippen molar-refractivity contribution >= 4 is 34.9 Å². The maximum absolute atomic E-state index is 12.7. The van der Waals surface area contributed by atoms with Gasteiger partial charge in [-0.25, -0.2) is 0 Å². The molecule has 1 aliphatic carbocycles. The summed E-state index contributed by atoms with van der Waals surface area (Å²) >= 11 is 6.06. The van der Waals surface area contributed by atoms with Gasteiger partial charge in [0, 0.05) is 12.1 Å². The SMILES string of the molecule is C[C@@H](C(=O)NCC1CC1)N1C(=O)COc2ccc(C(=O)COc3ccccc3Cl)cc21. The van der Waals surface area contributed by atoms with Crippen molar-refractivity contribution in [3.05, 3.63) is 53.1 Å². The summed E-state index contributed by atoms with van der Waals surface area (Å²) in [6.07, 6.45) is 2.24. The number of carbonyl (C=O) groups is 3. The molecular formula is C23H23ClN2O5. The number of para-hydroxylation sites is 1. The molecule has 2 amide bonds. The first-order valence-electron chi connectivity index (χ1n) is 10.2. The second-order valence-electron chi connectivity index (χ2n) is 7.74. The minimum absolute atomic E-state index is 0.157. The molecule has 0 aromatic heterocycles. The summed E-state index contributed by atoms with van der Waals surface area (Å²) in [5, 5.41) is 3.31. The Morgan fingerprint density at radius 1 is 1.26 bits per heavy atom. The van der Waals surface area contributed by atoms with Gasteiger partial charge in [0.15, 0.2) is 19.0 Å². The molecule has 1 aliphatic heterocycles. The first-order valence-corrected chi connectivity index (χ1v) is 10.6. The molecule has 1 fully saturated rings. The standard InChI is InChI=1S/C23H23ClN2O5/c1-14(23(29)25-11-15-6-7-15)26-18-10-16(8-9-21(18)31-13-22(26)28)19(27)12-30-20-5-3-2-4-17(20)24/h2-5,8-10,14-15H,6-7,11-13H2,1H3,(H,25,29)/t14-/m0/s1. The van der Waals surface area contributed by atoms with Crippen molar-refractivity contribution in [1.82, 2.24) is 5.32 Å². The van der Waals surface area contributed by atoms with E-state index in [0.29, 0.717) is 40.2 Å². The van der Waals surface area contributed by atoms with Crippen LogP contribution in [0.15, 0.2) is 42.5 Å². The van der Waals surface area contributed by atoms with Gasteiger partial charge in [0.25, 0.3) is 5.91 Å². The largest absolute Gasteiger partial charge is 0.484 e. The molecule has 1 saturated carbocycles. The summed E-state index contributed by atoms with van der Waals surface area (Å²) in [4.78, 5) is 39.3. The summed E-state index contributed by atoms with van der Waals surface area (Å²) in [7, 11) is 0. The minimum Gasteiger partial charge on any atom is -0.484 e. The highest BCUT2D eigenvalue weighted by atomic mass is 35.5. The number of ether oxygens (including phenoxy) is 2. The fourth-order valence-electron chi connectivity index (χ4n) is 3.39. The van der Waals surface area contributed by atoms with Crippen molar-refractivity contribution in [3.8, 4) is 11.5 Å². The molecule has 0 unspecified atom stereocenters. The molecule has 0 radical (unpaired) electrons. The van der Waals surface area contributed by atoms with Gasteiger partial charge in [0.2, 0.25) is 5.91 Å². The van der Waals surface area contributed by atoms with Crippen LogP contribution in [0.3, 0.4) is 0 Å². The summed E-state index contributed by atoms with van der Waals surface area (Å²) in [6, 6.07) is 11.0. The molecule has 4 rings (SSSR count). The highest BCUT2D eigenvalue weighted by Gasteiger charge is 2.34. The van der Waals surface area contributed by atoms with E-state index < -0.39 is 6.04 Å². The molecular weight excluding hydrogens is 420 g/mol. The molecule has 0 spiro atoms. The smallest absolute Gasteiger partial charge is 0.265 e. The number of ketones is 1. The zero-order valence-corrected chi connectivity index (χ0v) is 17.9. The van der Waals surface area contributed by atoms with Gasteiger partial charge >= 0.3 is 0 Å². The van der Waals surface area contributed by atoms with Gasteiger partial charge < -0.3 is 14.8 Å². The third kappa shape index (κ3) is 4.82. The predicted octanol–water partition coefficient (Wildman–Crippen LogP) is 3.24. The second-order valence-corrected chi connectivity index (χ2v) is 8.15. The topological polar surface area (TPSA) is 84.9 Å². The Bertz CT molecular complexity index is 1020. The van der Waals surface area contributed by atoms with E-state index in [-0.39, 0.29) is 30.8 Å². The second kappa shape index (κ2) is 8.98. The average Bonchev–Trinajstić information content (AvgIpc) is 3.60. The number of halogens is 1. The highest BCUT2D eigenvalue weighted by Crippen LogP contribution is 2.35. The zero-order valence-electron chi connectivity index (χ0n) is 17.1. The van der Waals surface area contributed by atoms with Crippen LogP contribution in [0.1, 0.15) is 30.1 Å². The van der Waals surface area contributed by atoms with Crippen LogP contribution in [0.25, 0.3) is 0 Å².